The molecule has 6 nitrogen and oxygen atoms in total. The quantitative estimate of drug-likeness (QED) is 0.816. The summed E-state index contributed by atoms with van der Waals surface area (Å²) in [5.74, 6) is 0.607. The number of imidazole rings is 1. The summed E-state index contributed by atoms with van der Waals surface area (Å²) in [5, 5.41) is 2.05. The lowest BCUT2D eigenvalue weighted by Crippen LogP contribution is -2.58. The first kappa shape index (κ1) is 16.5. The zero-order valence-corrected chi connectivity index (χ0v) is 15.8. The summed E-state index contributed by atoms with van der Waals surface area (Å²) >= 11 is 1.64. The van der Waals surface area contributed by atoms with Crippen LogP contribution in [0.3, 0.4) is 0 Å². The second-order valence-corrected chi connectivity index (χ2v) is 9.94. The van der Waals surface area contributed by atoms with Crippen LogP contribution in [0.4, 0.5) is 0 Å². The Bertz CT molecular complexity index is 841. The molecule has 4 heterocycles. The normalized spacial score (nSPS) is 27.8. The number of sulfone groups is 1. The Morgan fingerprint density at radius 3 is 2.71 bits per heavy atom. The second kappa shape index (κ2) is 6.09. The number of aromatic nitrogens is 2. The smallest absolute Gasteiger partial charge is 0.194 e. The van der Waals surface area contributed by atoms with E-state index in [-0.39, 0.29) is 12.1 Å². The fourth-order valence-corrected chi connectivity index (χ4v) is 7.00. The molecule has 4 rings (SSSR count). The van der Waals surface area contributed by atoms with Crippen LogP contribution in [0.2, 0.25) is 0 Å². The molecular weight excluding hydrogens is 344 g/mol. The Labute approximate surface area is 147 Å². The lowest BCUT2D eigenvalue weighted by atomic mass is 10.0. The van der Waals surface area contributed by atoms with Crippen LogP contribution in [0.15, 0.2) is 11.6 Å². The SMILES string of the molecule is CCCN1CCN(Cc2c(C)nc3sccn23)[C@H]2CS(=O)(=O)C[C@H]21. The molecule has 132 valence electrons. The summed E-state index contributed by atoms with van der Waals surface area (Å²) in [5.41, 5.74) is 2.24. The van der Waals surface area contributed by atoms with Crippen molar-refractivity contribution in [3.63, 3.8) is 0 Å². The highest BCUT2D eigenvalue weighted by Crippen LogP contribution is 2.29. The third kappa shape index (κ3) is 2.79. The maximum Gasteiger partial charge on any atom is 0.194 e. The predicted molar refractivity (Wildman–Crippen MR) is 96.3 cm³/mol. The first-order valence-electron chi connectivity index (χ1n) is 8.58. The largest absolute Gasteiger partial charge is 0.297 e. The van der Waals surface area contributed by atoms with E-state index in [9.17, 15) is 8.42 Å². The fourth-order valence-electron chi connectivity index (χ4n) is 4.18. The van der Waals surface area contributed by atoms with Crippen molar-refractivity contribution in [2.75, 3.05) is 31.1 Å². The first-order valence-corrected chi connectivity index (χ1v) is 11.3. The average molecular weight is 369 g/mol. The van der Waals surface area contributed by atoms with Crippen LogP contribution in [0, 0.1) is 6.92 Å². The van der Waals surface area contributed by atoms with E-state index in [0.717, 1.165) is 43.3 Å². The summed E-state index contributed by atoms with van der Waals surface area (Å²) in [6.45, 7) is 7.85. The molecule has 2 aromatic heterocycles. The van der Waals surface area contributed by atoms with E-state index in [1.54, 1.807) is 11.3 Å². The van der Waals surface area contributed by atoms with Gasteiger partial charge < -0.3 is 0 Å². The van der Waals surface area contributed by atoms with E-state index in [2.05, 4.69) is 32.3 Å². The van der Waals surface area contributed by atoms with Gasteiger partial charge >= 0.3 is 0 Å². The summed E-state index contributed by atoms with van der Waals surface area (Å²) in [6, 6.07) is 0.258. The molecule has 0 aromatic carbocycles. The molecule has 2 aliphatic rings. The number of piperazine rings is 1. The lowest BCUT2D eigenvalue weighted by Gasteiger charge is -2.43. The molecule has 2 saturated heterocycles. The minimum Gasteiger partial charge on any atom is -0.297 e. The van der Waals surface area contributed by atoms with Crippen LogP contribution in [0.25, 0.3) is 4.96 Å². The zero-order chi connectivity index (χ0) is 16.9. The van der Waals surface area contributed by atoms with Crippen molar-refractivity contribution in [3.05, 3.63) is 23.0 Å². The van der Waals surface area contributed by atoms with Crippen molar-refractivity contribution in [2.45, 2.75) is 38.9 Å². The maximum absolute atomic E-state index is 12.3. The monoisotopic (exact) mass is 368 g/mol. The molecule has 2 aliphatic heterocycles. The highest BCUT2D eigenvalue weighted by atomic mass is 32.2. The number of hydrogen-bond donors (Lipinski definition) is 0. The summed E-state index contributed by atoms with van der Waals surface area (Å²) in [4.78, 5) is 10.4. The summed E-state index contributed by atoms with van der Waals surface area (Å²) in [6.07, 6.45) is 3.13. The van der Waals surface area contributed by atoms with Gasteiger partial charge in [-0.1, -0.05) is 6.92 Å². The summed E-state index contributed by atoms with van der Waals surface area (Å²) in [7, 11) is -2.94. The Morgan fingerprint density at radius 1 is 1.25 bits per heavy atom. The third-order valence-electron chi connectivity index (χ3n) is 5.33. The van der Waals surface area contributed by atoms with Crippen LogP contribution in [0.1, 0.15) is 24.7 Å². The number of aryl methyl sites for hydroxylation is 1. The van der Waals surface area contributed by atoms with Gasteiger partial charge in [-0.2, -0.15) is 0 Å². The zero-order valence-electron chi connectivity index (χ0n) is 14.2. The number of nitrogens with zero attached hydrogens (tertiary/aromatic N) is 4. The van der Waals surface area contributed by atoms with Gasteiger partial charge in [0.15, 0.2) is 14.8 Å². The highest BCUT2D eigenvalue weighted by molar-refractivity contribution is 7.91. The molecule has 0 radical (unpaired) electrons. The number of fused-ring (bicyclic) bond motifs is 2. The highest BCUT2D eigenvalue weighted by Gasteiger charge is 2.46. The number of hydrogen-bond acceptors (Lipinski definition) is 6. The van der Waals surface area contributed by atoms with Gasteiger partial charge in [0.25, 0.3) is 0 Å². The minimum atomic E-state index is -2.94. The second-order valence-electron chi connectivity index (χ2n) is 6.92. The van der Waals surface area contributed by atoms with Crippen LogP contribution in [-0.2, 0) is 16.4 Å². The topological polar surface area (TPSA) is 57.9 Å². The van der Waals surface area contributed by atoms with Crippen molar-refractivity contribution < 1.29 is 8.42 Å². The van der Waals surface area contributed by atoms with E-state index in [4.69, 9.17) is 0 Å². The molecule has 2 atom stereocenters. The molecule has 0 bridgehead atoms. The summed E-state index contributed by atoms with van der Waals surface area (Å²) < 4.78 is 26.7. The number of thiazole rings is 1. The predicted octanol–water partition coefficient (Wildman–Crippen LogP) is 1.40. The van der Waals surface area contributed by atoms with E-state index in [1.807, 2.05) is 12.3 Å². The molecule has 0 aliphatic carbocycles. The third-order valence-corrected chi connectivity index (χ3v) is 7.79. The van der Waals surface area contributed by atoms with Crippen LogP contribution in [-0.4, -0.2) is 70.8 Å². The van der Waals surface area contributed by atoms with Gasteiger partial charge in [-0.05, 0) is 19.9 Å². The van der Waals surface area contributed by atoms with Gasteiger partial charge in [0.2, 0.25) is 0 Å². The molecule has 2 aromatic rings. The molecule has 0 spiro atoms. The molecule has 24 heavy (non-hydrogen) atoms. The molecule has 0 N–H and O–H groups in total. The molecule has 0 saturated carbocycles. The van der Waals surface area contributed by atoms with Crippen molar-refractivity contribution in [3.8, 4) is 0 Å². The molecule has 0 unspecified atom stereocenters. The lowest BCUT2D eigenvalue weighted by molar-refractivity contribution is 0.0395. The number of rotatable bonds is 4. The van der Waals surface area contributed by atoms with Crippen molar-refractivity contribution in [1.82, 2.24) is 19.2 Å². The van der Waals surface area contributed by atoms with Gasteiger partial charge in [0.05, 0.1) is 22.9 Å². The Balaban J connectivity index is 1.62. The van der Waals surface area contributed by atoms with Gasteiger partial charge in [0.1, 0.15) is 0 Å². The first-order chi connectivity index (χ1) is 11.5. The molecule has 2 fully saturated rings. The molecule has 0 amide bonds. The van der Waals surface area contributed by atoms with Crippen LogP contribution >= 0.6 is 11.3 Å². The van der Waals surface area contributed by atoms with Gasteiger partial charge in [-0.25, -0.2) is 13.4 Å². The minimum absolute atomic E-state index is 0.110. The van der Waals surface area contributed by atoms with Gasteiger partial charge in [0, 0.05) is 43.3 Å². The maximum atomic E-state index is 12.3. The molecule has 8 heteroatoms. The van der Waals surface area contributed by atoms with Crippen molar-refractivity contribution >= 4 is 26.1 Å². The van der Waals surface area contributed by atoms with E-state index in [0.29, 0.717) is 11.5 Å². The van der Waals surface area contributed by atoms with Crippen LogP contribution < -0.4 is 0 Å². The van der Waals surface area contributed by atoms with E-state index in [1.165, 1.54) is 5.69 Å². The Morgan fingerprint density at radius 2 is 1.96 bits per heavy atom. The van der Waals surface area contributed by atoms with E-state index >= 15 is 0 Å². The fraction of sp³-hybridized carbons (Fsp3) is 0.688. The van der Waals surface area contributed by atoms with Gasteiger partial charge in [-0.3, -0.25) is 14.2 Å². The standard InChI is InChI=1S/C16H24N4O2S2/c1-3-4-18-5-6-19(15-11-24(21,22)10-14(15)18)9-13-12(2)17-16-20(13)7-8-23-16/h7-8,14-15H,3-6,9-11H2,1-2H3/t14-,15+/m1/s1. The Kier molecular flexibility index (Phi) is 4.19. The van der Waals surface area contributed by atoms with Crippen molar-refractivity contribution in [2.24, 2.45) is 0 Å². The van der Waals surface area contributed by atoms with E-state index < -0.39 is 9.84 Å². The van der Waals surface area contributed by atoms with Crippen molar-refractivity contribution in [1.29, 1.82) is 0 Å². The van der Waals surface area contributed by atoms with Crippen LogP contribution in [0.5, 0.6) is 0 Å². The average Bonchev–Trinajstić information content (AvgIpc) is 3.16. The van der Waals surface area contributed by atoms with Gasteiger partial charge in [-0.15, -0.1) is 11.3 Å². The molecular formula is C16H24N4O2S2. The Hall–Kier alpha value is -0.960.